The van der Waals surface area contributed by atoms with Crippen LogP contribution in [0.25, 0.3) is 0 Å². The molecule has 0 radical (unpaired) electrons. The van der Waals surface area contributed by atoms with E-state index in [0.29, 0.717) is 38.2 Å². The Morgan fingerprint density at radius 2 is 1.90 bits per heavy atom. The molecule has 1 fully saturated rings. The number of benzene rings is 1. The van der Waals surface area contributed by atoms with Crippen molar-refractivity contribution in [2.24, 2.45) is 0 Å². The highest BCUT2D eigenvalue weighted by Gasteiger charge is 2.32. The van der Waals surface area contributed by atoms with E-state index in [0.717, 1.165) is 11.3 Å². The molecule has 0 N–H and O–H groups in total. The summed E-state index contributed by atoms with van der Waals surface area (Å²) in [6, 6.07) is 5.38. The van der Waals surface area contributed by atoms with E-state index in [-0.39, 0.29) is 23.9 Å². The van der Waals surface area contributed by atoms with Crippen LogP contribution in [0, 0.1) is 0 Å². The van der Waals surface area contributed by atoms with Crippen LogP contribution in [-0.4, -0.2) is 65.5 Å². The van der Waals surface area contributed by atoms with Gasteiger partial charge in [-0.05, 0) is 64.0 Å². The van der Waals surface area contributed by atoms with Crippen molar-refractivity contribution >= 4 is 23.6 Å². The highest BCUT2D eigenvalue weighted by atomic mass is 16.6. The lowest BCUT2D eigenvalue weighted by molar-refractivity contribution is -0.128. The molecule has 0 spiro atoms. The summed E-state index contributed by atoms with van der Waals surface area (Å²) in [4.78, 5) is 42.4. The SMILES string of the molecule is C=CC(=O)N1CCN(C(=O)c2ccc3c(c2)CCN3C(=O)OC(C)(C)C)[C@@H](C)C1. The van der Waals surface area contributed by atoms with Crippen molar-refractivity contribution in [3.05, 3.63) is 42.0 Å². The van der Waals surface area contributed by atoms with Crippen LogP contribution in [0.1, 0.15) is 43.6 Å². The lowest BCUT2D eigenvalue weighted by Crippen LogP contribution is -2.55. The van der Waals surface area contributed by atoms with Crippen LogP contribution in [0.2, 0.25) is 0 Å². The molecule has 3 amide bonds. The molecular weight excluding hydrogens is 370 g/mol. The fraction of sp³-hybridized carbons (Fsp3) is 0.500. The molecule has 0 aromatic heterocycles. The lowest BCUT2D eigenvalue weighted by atomic mass is 10.1. The van der Waals surface area contributed by atoms with E-state index in [2.05, 4.69) is 6.58 Å². The van der Waals surface area contributed by atoms with Crippen molar-refractivity contribution in [3.63, 3.8) is 0 Å². The van der Waals surface area contributed by atoms with Gasteiger partial charge in [-0.3, -0.25) is 14.5 Å². The molecule has 2 heterocycles. The van der Waals surface area contributed by atoms with E-state index in [1.165, 1.54) is 6.08 Å². The minimum absolute atomic E-state index is 0.0540. The van der Waals surface area contributed by atoms with Crippen molar-refractivity contribution in [1.29, 1.82) is 0 Å². The Labute approximate surface area is 171 Å². The number of carbonyl (C=O) groups is 3. The Morgan fingerprint density at radius 1 is 1.17 bits per heavy atom. The molecule has 1 atom stereocenters. The van der Waals surface area contributed by atoms with Gasteiger partial charge in [0, 0.05) is 37.8 Å². The number of nitrogens with zero attached hydrogens (tertiary/aromatic N) is 3. The van der Waals surface area contributed by atoms with Crippen molar-refractivity contribution in [1.82, 2.24) is 9.80 Å². The fourth-order valence-electron chi connectivity index (χ4n) is 3.80. The smallest absolute Gasteiger partial charge is 0.414 e. The fourth-order valence-corrected chi connectivity index (χ4v) is 3.80. The van der Waals surface area contributed by atoms with Gasteiger partial charge >= 0.3 is 6.09 Å². The highest BCUT2D eigenvalue weighted by Crippen LogP contribution is 2.31. The van der Waals surface area contributed by atoms with Crippen molar-refractivity contribution < 1.29 is 19.1 Å². The minimum atomic E-state index is -0.555. The van der Waals surface area contributed by atoms with E-state index >= 15 is 0 Å². The van der Waals surface area contributed by atoms with Crippen LogP contribution in [0.5, 0.6) is 0 Å². The first kappa shape index (κ1) is 20.9. The number of piperazine rings is 1. The molecule has 3 rings (SSSR count). The van der Waals surface area contributed by atoms with Crippen molar-refractivity contribution in [2.45, 2.75) is 45.8 Å². The van der Waals surface area contributed by atoms with E-state index < -0.39 is 5.60 Å². The molecule has 1 aromatic rings. The second kappa shape index (κ2) is 7.89. The Bertz CT molecular complexity index is 843. The quantitative estimate of drug-likeness (QED) is 0.717. The molecule has 29 heavy (non-hydrogen) atoms. The third-order valence-electron chi connectivity index (χ3n) is 5.21. The predicted octanol–water partition coefficient (Wildman–Crippen LogP) is 2.84. The molecule has 1 aromatic carbocycles. The van der Waals surface area contributed by atoms with Gasteiger partial charge in [-0.2, -0.15) is 0 Å². The summed E-state index contributed by atoms with van der Waals surface area (Å²) in [5, 5.41) is 0. The third kappa shape index (κ3) is 4.44. The van der Waals surface area contributed by atoms with Crippen molar-refractivity contribution in [3.8, 4) is 0 Å². The second-order valence-corrected chi connectivity index (χ2v) is 8.56. The van der Waals surface area contributed by atoms with Crippen LogP contribution in [-0.2, 0) is 16.0 Å². The van der Waals surface area contributed by atoms with Gasteiger partial charge < -0.3 is 14.5 Å². The standard InChI is InChI=1S/C22H29N3O4/c1-6-19(26)23-11-12-24(15(2)14-23)20(27)17-7-8-18-16(13-17)9-10-25(18)21(28)29-22(3,4)5/h6-8,13,15H,1,9-12,14H2,2-5H3/t15-/m0/s1. The number of hydrogen-bond acceptors (Lipinski definition) is 4. The van der Waals surface area contributed by atoms with Gasteiger partial charge in [-0.25, -0.2) is 4.79 Å². The maximum atomic E-state index is 13.1. The van der Waals surface area contributed by atoms with Crippen LogP contribution in [0.15, 0.2) is 30.9 Å². The molecule has 156 valence electrons. The average molecular weight is 399 g/mol. The zero-order valence-electron chi connectivity index (χ0n) is 17.6. The number of carbonyl (C=O) groups excluding carboxylic acids is 3. The largest absolute Gasteiger partial charge is 0.443 e. The van der Waals surface area contributed by atoms with Crippen LogP contribution in [0.3, 0.4) is 0 Å². The Hall–Kier alpha value is -2.83. The minimum Gasteiger partial charge on any atom is -0.443 e. The summed E-state index contributed by atoms with van der Waals surface area (Å²) in [7, 11) is 0. The number of rotatable bonds is 2. The van der Waals surface area contributed by atoms with Gasteiger partial charge in [0.2, 0.25) is 5.91 Å². The van der Waals surface area contributed by atoms with Crippen molar-refractivity contribution in [2.75, 3.05) is 31.1 Å². The van der Waals surface area contributed by atoms with Gasteiger partial charge in [0.25, 0.3) is 5.91 Å². The topological polar surface area (TPSA) is 70.2 Å². The first-order chi connectivity index (χ1) is 13.6. The monoisotopic (exact) mass is 399 g/mol. The van der Waals surface area contributed by atoms with Crippen LogP contribution in [0.4, 0.5) is 10.5 Å². The molecular formula is C22H29N3O4. The maximum Gasteiger partial charge on any atom is 0.414 e. The van der Waals surface area contributed by atoms with Gasteiger partial charge in [-0.15, -0.1) is 0 Å². The Kier molecular flexibility index (Phi) is 5.68. The highest BCUT2D eigenvalue weighted by molar-refractivity contribution is 5.97. The van der Waals surface area contributed by atoms with Gasteiger partial charge in [0.05, 0.1) is 5.69 Å². The second-order valence-electron chi connectivity index (χ2n) is 8.56. The first-order valence-corrected chi connectivity index (χ1v) is 9.96. The summed E-state index contributed by atoms with van der Waals surface area (Å²) in [6.07, 6.45) is 1.63. The van der Waals surface area contributed by atoms with E-state index in [1.807, 2.05) is 39.8 Å². The zero-order valence-corrected chi connectivity index (χ0v) is 17.6. The van der Waals surface area contributed by atoms with Gasteiger partial charge in [0.1, 0.15) is 5.60 Å². The van der Waals surface area contributed by atoms with Crippen LogP contribution >= 0.6 is 0 Å². The summed E-state index contributed by atoms with van der Waals surface area (Å²) < 4.78 is 5.48. The molecule has 7 nitrogen and oxygen atoms in total. The number of anilines is 1. The zero-order chi connectivity index (χ0) is 21.3. The summed E-state index contributed by atoms with van der Waals surface area (Å²) in [5.41, 5.74) is 1.81. The van der Waals surface area contributed by atoms with Gasteiger partial charge in [-0.1, -0.05) is 6.58 Å². The van der Waals surface area contributed by atoms with E-state index in [9.17, 15) is 14.4 Å². The molecule has 0 aliphatic carbocycles. The number of hydrogen-bond donors (Lipinski definition) is 0. The Balaban J connectivity index is 1.72. The molecule has 1 saturated heterocycles. The molecule has 7 heteroatoms. The molecule has 0 saturated carbocycles. The Morgan fingerprint density at radius 3 is 2.52 bits per heavy atom. The molecule has 0 unspecified atom stereocenters. The lowest BCUT2D eigenvalue weighted by Gasteiger charge is -2.39. The van der Waals surface area contributed by atoms with Gasteiger partial charge in [0.15, 0.2) is 0 Å². The number of fused-ring (bicyclic) bond motifs is 1. The normalized spacial score (nSPS) is 19.0. The number of ether oxygens (including phenoxy) is 1. The van der Waals surface area contributed by atoms with E-state index in [4.69, 9.17) is 4.74 Å². The summed E-state index contributed by atoms with van der Waals surface area (Å²) >= 11 is 0. The molecule has 2 aliphatic heterocycles. The number of amides is 3. The molecule has 2 aliphatic rings. The summed E-state index contributed by atoms with van der Waals surface area (Å²) in [5.74, 6) is -0.162. The average Bonchev–Trinajstić information content (AvgIpc) is 3.08. The maximum absolute atomic E-state index is 13.1. The van der Waals surface area contributed by atoms with E-state index in [1.54, 1.807) is 20.8 Å². The first-order valence-electron chi connectivity index (χ1n) is 9.96. The third-order valence-corrected chi connectivity index (χ3v) is 5.21. The molecule has 0 bridgehead atoms. The predicted molar refractivity (Wildman–Crippen MR) is 111 cm³/mol. The summed E-state index contributed by atoms with van der Waals surface area (Å²) in [6.45, 7) is 13.0. The van der Waals surface area contributed by atoms with Crippen LogP contribution < -0.4 is 4.90 Å².